The summed E-state index contributed by atoms with van der Waals surface area (Å²) in [6, 6.07) is 0. The Hall–Kier alpha value is -0.0600. The number of fused-ring (bicyclic) bond motifs is 1. The van der Waals surface area contributed by atoms with Crippen molar-refractivity contribution in [2.75, 3.05) is 0 Å². The number of thioether (sulfide) groups is 2. The summed E-state index contributed by atoms with van der Waals surface area (Å²) in [6.07, 6.45) is 0. The third kappa shape index (κ3) is 1.02. The number of thiocarbonyl (C=S) groups is 1. The largest absolute Gasteiger partial charge is 0.282 e. The van der Waals surface area contributed by atoms with Gasteiger partial charge in [0.15, 0.2) is 0 Å². The number of rotatable bonds is 0. The first-order chi connectivity index (χ1) is 5.61. The van der Waals surface area contributed by atoms with Gasteiger partial charge in [-0.2, -0.15) is 0 Å². The van der Waals surface area contributed by atoms with E-state index in [1.807, 2.05) is 13.8 Å². The summed E-state index contributed by atoms with van der Waals surface area (Å²) in [4.78, 5) is 13.4. The number of carbonyl (C=O) groups excluding carboxylic acids is 1. The number of hydrogen-bond donors (Lipinski definition) is 0. The lowest BCUT2D eigenvalue weighted by atomic mass is 10.2. The fourth-order valence-corrected chi connectivity index (χ4v) is 3.78. The maximum atomic E-state index is 11.3. The van der Waals surface area contributed by atoms with E-state index in [2.05, 4.69) is 0 Å². The van der Waals surface area contributed by atoms with Crippen molar-refractivity contribution in [1.82, 2.24) is 0 Å². The van der Waals surface area contributed by atoms with Crippen molar-refractivity contribution < 1.29 is 4.79 Å². The van der Waals surface area contributed by atoms with Gasteiger partial charge in [0.1, 0.15) is 0 Å². The van der Waals surface area contributed by atoms with Crippen molar-refractivity contribution in [2.45, 2.75) is 13.8 Å². The fraction of sp³-hybridized carbons (Fsp3) is 0.250. The summed E-state index contributed by atoms with van der Waals surface area (Å²) >= 11 is 8.00. The molecule has 0 aromatic heterocycles. The highest BCUT2D eigenvalue weighted by molar-refractivity contribution is 8.29. The zero-order valence-corrected chi connectivity index (χ0v) is 9.08. The van der Waals surface area contributed by atoms with Crippen molar-refractivity contribution in [1.29, 1.82) is 0 Å². The molecule has 0 bridgehead atoms. The van der Waals surface area contributed by atoms with E-state index in [1.165, 1.54) is 11.8 Å². The van der Waals surface area contributed by atoms with Gasteiger partial charge in [0, 0.05) is 15.4 Å². The van der Waals surface area contributed by atoms with Crippen LogP contribution in [-0.4, -0.2) is 9.31 Å². The summed E-state index contributed by atoms with van der Waals surface area (Å²) in [5.41, 5.74) is 1.96. The maximum Gasteiger partial charge on any atom is 0.221 e. The second-order valence-electron chi connectivity index (χ2n) is 2.69. The van der Waals surface area contributed by atoms with Gasteiger partial charge in [-0.15, -0.1) is 0 Å². The van der Waals surface area contributed by atoms with Crippen LogP contribution in [0.3, 0.4) is 0 Å². The quantitative estimate of drug-likeness (QED) is 0.576. The second kappa shape index (κ2) is 2.72. The van der Waals surface area contributed by atoms with E-state index in [0.717, 1.165) is 25.2 Å². The molecule has 0 amide bonds. The lowest BCUT2D eigenvalue weighted by Crippen LogP contribution is -1.88. The predicted molar refractivity (Wildman–Crippen MR) is 58.2 cm³/mol. The van der Waals surface area contributed by atoms with Gasteiger partial charge < -0.3 is 0 Å². The summed E-state index contributed by atoms with van der Waals surface area (Å²) in [7, 11) is 0. The van der Waals surface area contributed by atoms with Crippen LogP contribution in [0.4, 0.5) is 0 Å². The van der Waals surface area contributed by atoms with Gasteiger partial charge in [-0.1, -0.05) is 24.0 Å². The first-order valence-electron chi connectivity index (χ1n) is 3.47. The van der Waals surface area contributed by atoms with Gasteiger partial charge in [0.2, 0.25) is 5.12 Å². The van der Waals surface area contributed by atoms with Gasteiger partial charge in [-0.05, 0) is 31.2 Å². The van der Waals surface area contributed by atoms with Gasteiger partial charge in [-0.3, -0.25) is 4.79 Å². The monoisotopic (exact) mass is 214 g/mol. The zero-order chi connectivity index (χ0) is 8.88. The molecule has 0 aromatic rings. The Morgan fingerprint density at radius 3 is 2.25 bits per heavy atom. The van der Waals surface area contributed by atoms with Crippen molar-refractivity contribution in [3.05, 3.63) is 21.0 Å². The standard InChI is InChI=1S/C8H6OS3/c1-3-5-6(11-7(3)9)4(2)8(10)12-5/h1-2H3. The molecule has 2 aliphatic heterocycles. The van der Waals surface area contributed by atoms with Crippen LogP contribution in [0.1, 0.15) is 13.8 Å². The van der Waals surface area contributed by atoms with E-state index < -0.39 is 0 Å². The van der Waals surface area contributed by atoms with Crippen LogP contribution >= 0.6 is 35.7 Å². The third-order valence-corrected chi connectivity index (χ3v) is 4.99. The molecule has 0 unspecified atom stereocenters. The molecule has 0 fully saturated rings. The van der Waals surface area contributed by atoms with Crippen LogP contribution in [0.5, 0.6) is 0 Å². The van der Waals surface area contributed by atoms with Crippen molar-refractivity contribution in [2.24, 2.45) is 0 Å². The van der Waals surface area contributed by atoms with Gasteiger partial charge in [0.05, 0.1) is 4.20 Å². The van der Waals surface area contributed by atoms with Crippen molar-refractivity contribution in [3.63, 3.8) is 0 Å². The highest BCUT2D eigenvalue weighted by atomic mass is 32.2. The third-order valence-electron chi connectivity index (χ3n) is 1.89. The number of hydrogen-bond acceptors (Lipinski definition) is 4. The van der Waals surface area contributed by atoms with Crippen LogP contribution in [0, 0.1) is 0 Å². The molecule has 4 heteroatoms. The molecule has 2 heterocycles. The molecule has 2 aliphatic rings. The molecule has 62 valence electrons. The van der Waals surface area contributed by atoms with Gasteiger partial charge in [-0.25, -0.2) is 0 Å². The molecule has 0 spiro atoms. The van der Waals surface area contributed by atoms with E-state index >= 15 is 0 Å². The van der Waals surface area contributed by atoms with Crippen molar-refractivity contribution >= 4 is 45.1 Å². The Morgan fingerprint density at radius 2 is 1.67 bits per heavy atom. The van der Waals surface area contributed by atoms with E-state index in [-0.39, 0.29) is 5.12 Å². The Kier molecular flexibility index (Phi) is 1.93. The molecule has 0 saturated carbocycles. The summed E-state index contributed by atoms with van der Waals surface area (Å²) in [5, 5.41) is 0.175. The van der Waals surface area contributed by atoms with Gasteiger partial charge >= 0.3 is 0 Å². The minimum atomic E-state index is 0.175. The zero-order valence-electron chi connectivity index (χ0n) is 6.63. The first-order valence-corrected chi connectivity index (χ1v) is 5.52. The highest BCUT2D eigenvalue weighted by Gasteiger charge is 2.33. The average molecular weight is 214 g/mol. The van der Waals surface area contributed by atoms with E-state index in [9.17, 15) is 4.79 Å². The van der Waals surface area contributed by atoms with Gasteiger partial charge in [0.25, 0.3) is 0 Å². The van der Waals surface area contributed by atoms with Crippen LogP contribution in [0.25, 0.3) is 0 Å². The Labute approximate surface area is 84.7 Å². The van der Waals surface area contributed by atoms with Crippen LogP contribution < -0.4 is 0 Å². The predicted octanol–water partition coefficient (Wildman–Crippen LogP) is 2.88. The molecule has 0 aliphatic carbocycles. The normalized spacial score (nSPS) is 22.8. The Balaban J connectivity index is 2.59. The molecular weight excluding hydrogens is 208 g/mol. The SMILES string of the molecule is CC1=C2SC(=S)C(C)=C2SC1=O. The van der Waals surface area contributed by atoms with E-state index in [1.54, 1.807) is 11.8 Å². The minimum Gasteiger partial charge on any atom is -0.282 e. The Morgan fingerprint density at radius 1 is 1.08 bits per heavy atom. The lowest BCUT2D eigenvalue weighted by molar-refractivity contribution is -0.107. The molecule has 2 rings (SSSR count). The fourth-order valence-electron chi connectivity index (χ4n) is 1.11. The molecule has 0 atom stereocenters. The smallest absolute Gasteiger partial charge is 0.221 e. The first kappa shape index (κ1) is 8.53. The summed E-state index contributed by atoms with van der Waals surface area (Å²) in [5.74, 6) is 0. The minimum absolute atomic E-state index is 0.175. The van der Waals surface area contributed by atoms with Crippen molar-refractivity contribution in [3.8, 4) is 0 Å². The molecular formula is C8H6OS3. The van der Waals surface area contributed by atoms with E-state index in [0.29, 0.717) is 0 Å². The van der Waals surface area contributed by atoms with E-state index in [4.69, 9.17) is 12.2 Å². The molecule has 0 aromatic carbocycles. The lowest BCUT2D eigenvalue weighted by Gasteiger charge is -1.92. The summed E-state index contributed by atoms with van der Waals surface area (Å²) < 4.78 is 0.916. The topological polar surface area (TPSA) is 17.1 Å². The molecule has 12 heavy (non-hydrogen) atoms. The van der Waals surface area contributed by atoms with Crippen LogP contribution in [0.15, 0.2) is 21.0 Å². The summed E-state index contributed by atoms with van der Waals surface area (Å²) in [6.45, 7) is 3.85. The second-order valence-corrected chi connectivity index (χ2v) is 5.36. The maximum absolute atomic E-state index is 11.3. The number of carbonyl (C=O) groups is 1. The van der Waals surface area contributed by atoms with Crippen LogP contribution in [-0.2, 0) is 4.79 Å². The van der Waals surface area contributed by atoms with Crippen LogP contribution in [0.2, 0.25) is 0 Å². The molecule has 0 N–H and O–H groups in total. The Bertz CT molecular complexity index is 326. The molecule has 0 saturated heterocycles. The highest BCUT2D eigenvalue weighted by Crippen LogP contribution is 2.51. The molecule has 1 nitrogen and oxygen atoms in total. The molecule has 0 radical (unpaired) electrons. The average Bonchev–Trinajstić information content (AvgIpc) is 2.43.